The molecule has 3 aromatic rings. The van der Waals surface area contributed by atoms with Crippen LogP contribution in [0, 0.1) is 0 Å². The number of pyridine rings is 1. The fraction of sp³-hybridized carbons (Fsp3) is 0.111. The zero-order chi connectivity index (χ0) is 16.9. The van der Waals surface area contributed by atoms with Gasteiger partial charge < -0.3 is 19.2 Å². The molecule has 0 bridgehead atoms. The second-order valence-electron chi connectivity index (χ2n) is 5.00. The first kappa shape index (κ1) is 15.6. The summed E-state index contributed by atoms with van der Waals surface area (Å²) in [5.74, 6) is 0.932. The third-order valence-electron chi connectivity index (χ3n) is 3.52. The van der Waals surface area contributed by atoms with Gasteiger partial charge in [-0.2, -0.15) is 0 Å². The average Bonchev–Trinajstić information content (AvgIpc) is 3.03. The van der Waals surface area contributed by atoms with E-state index >= 15 is 0 Å². The monoisotopic (exact) mass is 323 g/mol. The maximum atomic E-state index is 12.2. The van der Waals surface area contributed by atoms with Gasteiger partial charge in [0.1, 0.15) is 17.1 Å². The predicted molar refractivity (Wildman–Crippen MR) is 92.4 cm³/mol. The van der Waals surface area contributed by atoms with Crippen molar-refractivity contribution >= 4 is 23.3 Å². The van der Waals surface area contributed by atoms with Crippen molar-refractivity contribution in [3.05, 3.63) is 60.6 Å². The largest absolute Gasteiger partial charge is 0.497 e. The second kappa shape index (κ2) is 6.87. The first-order chi connectivity index (χ1) is 11.7. The molecule has 0 aliphatic carbocycles. The summed E-state index contributed by atoms with van der Waals surface area (Å²) < 4.78 is 12.3. The van der Waals surface area contributed by atoms with Gasteiger partial charge in [-0.25, -0.2) is 4.98 Å². The van der Waals surface area contributed by atoms with E-state index in [1.165, 1.54) is 6.08 Å². The van der Waals surface area contributed by atoms with Gasteiger partial charge in [0.2, 0.25) is 5.91 Å². The minimum Gasteiger partial charge on any atom is -0.497 e. The van der Waals surface area contributed by atoms with E-state index < -0.39 is 0 Å². The molecule has 24 heavy (non-hydrogen) atoms. The number of aromatic nitrogens is 2. The Morgan fingerprint density at radius 3 is 2.88 bits per heavy atom. The number of ether oxygens (including phenoxy) is 2. The molecule has 0 atom stereocenters. The highest BCUT2D eigenvalue weighted by atomic mass is 16.5. The fourth-order valence-corrected chi connectivity index (χ4v) is 2.31. The molecule has 1 N–H and O–H groups in total. The molecule has 122 valence electrons. The van der Waals surface area contributed by atoms with Crippen LogP contribution in [-0.2, 0) is 4.79 Å². The standard InChI is InChI=1S/C18H17N3O3/c1-23-14-7-8-15(16(11-14)24-2)20-18(22)9-6-13-12-19-17-5-3-4-10-21(13)17/h3-12H,1-2H3,(H,20,22)/b9-6+. The van der Waals surface area contributed by atoms with Crippen LogP contribution in [0.15, 0.2) is 54.9 Å². The average molecular weight is 323 g/mol. The van der Waals surface area contributed by atoms with Gasteiger partial charge in [0, 0.05) is 18.3 Å². The fourth-order valence-electron chi connectivity index (χ4n) is 2.31. The lowest BCUT2D eigenvalue weighted by Gasteiger charge is -2.10. The van der Waals surface area contributed by atoms with Crippen LogP contribution < -0.4 is 14.8 Å². The number of methoxy groups -OCH3 is 2. The van der Waals surface area contributed by atoms with Crippen molar-refractivity contribution in [2.24, 2.45) is 0 Å². The normalized spacial score (nSPS) is 10.9. The van der Waals surface area contributed by atoms with Crippen molar-refractivity contribution in [2.45, 2.75) is 0 Å². The first-order valence-corrected chi connectivity index (χ1v) is 7.34. The number of imidazole rings is 1. The summed E-state index contributed by atoms with van der Waals surface area (Å²) >= 11 is 0. The number of carbonyl (C=O) groups is 1. The van der Waals surface area contributed by atoms with Gasteiger partial charge in [0.15, 0.2) is 0 Å². The van der Waals surface area contributed by atoms with Crippen LogP contribution in [0.2, 0.25) is 0 Å². The van der Waals surface area contributed by atoms with E-state index in [1.54, 1.807) is 44.7 Å². The van der Waals surface area contributed by atoms with Gasteiger partial charge in [-0.1, -0.05) is 6.07 Å². The van der Waals surface area contributed by atoms with Crippen LogP contribution in [-0.4, -0.2) is 29.5 Å². The quantitative estimate of drug-likeness (QED) is 0.733. The van der Waals surface area contributed by atoms with E-state index in [4.69, 9.17) is 9.47 Å². The Morgan fingerprint density at radius 1 is 1.21 bits per heavy atom. The van der Waals surface area contributed by atoms with Crippen molar-refractivity contribution in [1.29, 1.82) is 0 Å². The molecular weight excluding hydrogens is 306 g/mol. The number of hydrogen-bond acceptors (Lipinski definition) is 4. The summed E-state index contributed by atoms with van der Waals surface area (Å²) in [4.78, 5) is 16.4. The van der Waals surface area contributed by atoms with Gasteiger partial charge in [0.25, 0.3) is 0 Å². The molecule has 3 rings (SSSR count). The van der Waals surface area contributed by atoms with Gasteiger partial charge in [0.05, 0.1) is 31.8 Å². The Bertz CT molecular complexity index is 899. The number of amides is 1. The molecule has 1 amide bonds. The summed E-state index contributed by atoms with van der Waals surface area (Å²) in [7, 11) is 3.12. The van der Waals surface area contributed by atoms with Gasteiger partial charge in [-0.3, -0.25) is 4.79 Å². The van der Waals surface area contributed by atoms with Crippen molar-refractivity contribution in [1.82, 2.24) is 9.38 Å². The summed E-state index contributed by atoms with van der Waals surface area (Å²) in [6, 6.07) is 10.9. The Hall–Kier alpha value is -3.28. The van der Waals surface area contributed by atoms with Crippen molar-refractivity contribution < 1.29 is 14.3 Å². The molecule has 0 aliphatic heterocycles. The van der Waals surface area contributed by atoms with Crippen molar-refractivity contribution in [3.63, 3.8) is 0 Å². The lowest BCUT2D eigenvalue weighted by Crippen LogP contribution is -2.09. The van der Waals surface area contributed by atoms with E-state index in [-0.39, 0.29) is 5.91 Å². The number of rotatable bonds is 5. The molecule has 6 heteroatoms. The maximum absolute atomic E-state index is 12.2. The summed E-state index contributed by atoms with van der Waals surface area (Å²) in [5.41, 5.74) is 2.22. The number of nitrogens with zero attached hydrogens (tertiary/aromatic N) is 2. The Balaban J connectivity index is 1.76. The molecule has 0 spiro atoms. The van der Waals surface area contributed by atoms with E-state index in [2.05, 4.69) is 10.3 Å². The number of anilines is 1. The summed E-state index contributed by atoms with van der Waals surface area (Å²) in [6.45, 7) is 0. The molecule has 0 saturated carbocycles. The number of hydrogen-bond donors (Lipinski definition) is 1. The minimum atomic E-state index is -0.260. The first-order valence-electron chi connectivity index (χ1n) is 7.34. The lowest BCUT2D eigenvalue weighted by molar-refractivity contribution is -0.111. The van der Waals surface area contributed by atoms with Crippen LogP contribution in [0.4, 0.5) is 5.69 Å². The molecular formula is C18H17N3O3. The topological polar surface area (TPSA) is 64.9 Å². The van der Waals surface area contributed by atoms with Gasteiger partial charge in [-0.15, -0.1) is 0 Å². The van der Waals surface area contributed by atoms with Crippen LogP contribution in [0.1, 0.15) is 5.69 Å². The molecule has 1 aromatic carbocycles. The molecule has 0 radical (unpaired) electrons. The van der Waals surface area contributed by atoms with Crippen LogP contribution in [0.3, 0.4) is 0 Å². The van der Waals surface area contributed by atoms with Crippen molar-refractivity contribution in [2.75, 3.05) is 19.5 Å². The predicted octanol–water partition coefficient (Wildman–Crippen LogP) is 3.00. The Kier molecular flexibility index (Phi) is 4.47. The molecule has 6 nitrogen and oxygen atoms in total. The van der Waals surface area contributed by atoms with E-state index in [1.807, 2.05) is 28.8 Å². The molecule has 0 saturated heterocycles. The molecule has 0 unspecified atom stereocenters. The SMILES string of the molecule is COc1ccc(NC(=O)/C=C/c2cnc3ccccn23)c(OC)c1. The van der Waals surface area contributed by atoms with Crippen molar-refractivity contribution in [3.8, 4) is 11.5 Å². The molecule has 2 aromatic heterocycles. The van der Waals surface area contributed by atoms with Crippen LogP contribution in [0.25, 0.3) is 11.7 Å². The summed E-state index contributed by atoms with van der Waals surface area (Å²) in [5, 5.41) is 2.79. The maximum Gasteiger partial charge on any atom is 0.248 e. The number of fused-ring (bicyclic) bond motifs is 1. The summed E-state index contributed by atoms with van der Waals surface area (Å²) in [6.07, 6.45) is 6.78. The highest BCUT2D eigenvalue weighted by Crippen LogP contribution is 2.28. The Labute approximate surface area is 139 Å². The van der Waals surface area contributed by atoms with Gasteiger partial charge >= 0.3 is 0 Å². The molecule has 0 aliphatic rings. The number of benzene rings is 1. The molecule has 2 heterocycles. The van der Waals surface area contributed by atoms with Crippen LogP contribution in [0.5, 0.6) is 11.5 Å². The zero-order valence-electron chi connectivity index (χ0n) is 13.4. The minimum absolute atomic E-state index is 0.260. The van der Waals surface area contributed by atoms with E-state index in [0.29, 0.717) is 17.2 Å². The smallest absolute Gasteiger partial charge is 0.248 e. The van der Waals surface area contributed by atoms with Gasteiger partial charge in [-0.05, 0) is 30.3 Å². The highest BCUT2D eigenvalue weighted by Gasteiger charge is 2.07. The third kappa shape index (κ3) is 3.22. The second-order valence-corrected chi connectivity index (χ2v) is 5.00. The van der Waals surface area contributed by atoms with E-state index in [0.717, 1.165) is 11.3 Å². The third-order valence-corrected chi connectivity index (χ3v) is 3.52. The number of carbonyl (C=O) groups excluding carboxylic acids is 1. The van der Waals surface area contributed by atoms with E-state index in [9.17, 15) is 4.79 Å². The zero-order valence-corrected chi connectivity index (χ0v) is 13.4. The number of nitrogens with one attached hydrogen (secondary N) is 1. The Morgan fingerprint density at radius 2 is 2.08 bits per heavy atom. The molecule has 0 fully saturated rings. The lowest BCUT2D eigenvalue weighted by atomic mass is 10.2. The highest BCUT2D eigenvalue weighted by molar-refractivity contribution is 6.02. The van der Waals surface area contributed by atoms with Crippen LogP contribution >= 0.6 is 0 Å².